The van der Waals surface area contributed by atoms with Crippen LogP contribution in [-0.2, 0) is 6.61 Å². The molecule has 0 N–H and O–H groups in total. The highest BCUT2D eigenvalue weighted by Crippen LogP contribution is 2.35. The lowest BCUT2D eigenvalue weighted by molar-refractivity contribution is 0.302. The number of aryl methyl sites for hydroxylation is 1. The third kappa shape index (κ3) is 5.22. The van der Waals surface area contributed by atoms with Crippen molar-refractivity contribution in [3.05, 3.63) is 99.8 Å². The van der Waals surface area contributed by atoms with Crippen molar-refractivity contribution in [3.8, 4) is 5.75 Å². The Hall–Kier alpha value is -1.81. The van der Waals surface area contributed by atoms with Gasteiger partial charge in [0.25, 0.3) is 5.56 Å². The van der Waals surface area contributed by atoms with Gasteiger partial charge in [0.1, 0.15) is 18.2 Å². The Balaban J connectivity index is 1.60. The lowest BCUT2D eigenvalue weighted by atomic mass is 10.2. The summed E-state index contributed by atoms with van der Waals surface area (Å²) in [6, 6.07) is 17.2. The number of hydrogen-bond donors (Lipinski definition) is 0. The molecule has 0 atom stereocenters. The van der Waals surface area contributed by atoms with Crippen LogP contribution in [-0.4, -0.2) is 15.9 Å². The molecule has 3 aromatic carbocycles. The van der Waals surface area contributed by atoms with E-state index in [-0.39, 0.29) is 5.56 Å². The zero-order valence-corrected chi connectivity index (χ0v) is 23.0. The molecular weight excluding hydrogens is 670 g/mol. The number of nitrogens with zero attached hydrogens (tertiary/aromatic N) is 3. The third-order valence-corrected chi connectivity index (χ3v) is 6.81. The molecule has 0 saturated carbocycles. The predicted octanol–water partition coefficient (Wildman–Crippen LogP) is 7.22. The average Bonchev–Trinajstić information content (AvgIpc) is 2.75. The van der Waals surface area contributed by atoms with E-state index in [1.54, 1.807) is 19.2 Å². The molecule has 0 spiro atoms. The molecule has 0 amide bonds. The van der Waals surface area contributed by atoms with Gasteiger partial charge < -0.3 is 4.74 Å². The van der Waals surface area contributed by atoms with Crippen LogP contribution in [0.15, 0.2) is 82.4 Å². The van der Waals surface area contributed by atoms with Gasteiger partial charge in [0.15, 0.2) is 0 Å². The number of benzene rings is 3. The molecule has 4 rings (SSSR count). The fraction of sp³-hybridized carbons (Fsp3) is 0.0870. The van der Waals surface area contributed by atoms with Crippen LogP contribution >= 0.6 is 63.7 Å². The predicted molar refractivity (Wildman–Crippen MR) is 142 cm³/mol. The minimum absolute atomic E-state index is 0.224. The number of rotatable bonds is 5. The topological polar surface area (TPSA) is 56.5 Å². The lowest BCUT2D eigenvalue weighted by Crippen LogP contribution is -2.20. The fourth-order valence-electron chi connectivity index (χ4n) is 3.05. The summed E-state index contributed by atoms with van der Waals surface area (Å²) in [6.07, 6.45) is 1.62. The van der Waals surface area contributed by atoms with E-state index >= 15 is 0 Å². The Morgan fingerprint density at radius 3 is 2.31 bits per heavy atom. The van der Waals surface area contributed by atoms with Gasteiger partial charge in [-0.25, -0.2) is 4.98 Å². The van der Waals surface area contributed by atoms with Crippen molar-refractivity contribution >= 4 is 80.8 Å². The van der Waals surface area contributed by atoms with Crippen LogP contribution in [0.25, 0.3) is 10.9 Å². The van der Waals surface area contributed by atoms with Crippen LogP contribution in [0.3, 0.4) is 0 Å². The van der Waals surface area contributed by atoms with Crippen molar-refractivity contribution in [2.24, 2.45) is 5.10 Å². The van der Waals surface area contributed by atoms with Crippen LogP contribution in [0.5, 0.6) is 5.75 Å². The highest BCUT2D eigenvalue weighted by Gasteiger charge is 2.11. The highest BCUT2D eigenvalue weighted by atomic mass is 79.9. The molecular formula is C23H15Br4N3O2. The summed E-state index contributed by atoms with van der Waals surface area (Å²) in [6.45, 7) is 2.19. The second kappa shape index (κ2) is 9.99. The third-order valence-electron chi connectivity index (χ3n) is 4.61. The van der Waals surface area contributed by atoms with E-state index < -0.39 is 0 Å². The van der Waals surface area contributed by atoms with Crippen molar-refractivity contribution in [1.29, 1.82) is 0 Å². The molecule has 1 aromatic heterocycles. The first-order chi connectivity index (χ1) is 15.3. The van der Waals surface area contributed by atoms with Crippen molar-refractivity contribution < 1.29 is 4.74 Å². The summed E-state index contributed by atoms with van der Waals surface area (Å²) in [5, 5.41) is 4.88. The fourth-order valence-corrected chi connectivity index (χ4v) is 5.12. The molecule has 0 fully saturated rings. The molecule has 0 aliphatic carbocycles. The number of halogens is 4. The Labute approximate surface area is 218 Å². The SMILES string of the molecule is Cc1nc2ccc(Br)cc2c(=O)n1N=Cc1cc(Br)c(OCc2ccc(Br)cc2)c(Br)c1. The van der Waals surface area contributed by atoms with Crippen LogP contribution in [0, 0.1) is 6.92 Å². The maximum atomic E-state index is 12.9. The molecule has 162 valence electrons. The van der Waals surface area contributed by atoms with Crippen molar-refractivity contribution in [1.82, 2.24) is 9.66 Å². The Morgan fingerprint density at radius 2 is 1.62 bits per heavy atom. The van der Waals surface area contributed by atoms with E-state index in [9.17, 15) is 4.79 Å². The van der Waals surface area contributed by atoms with E-state index in [4.69, 9.17) is 4.74 Å². The summed E-state index contributed by atoms with van der Waals surface area (Å²) >= 11 is 14.0. The molecule has 4 aromatic rings. The van der Waals surface area contributed by atoms with Crippen LogP contribution < -0.4 is 10.3 Å². The van der Waals surface area contributed by atoms with E-state index in [0.29, 0.717) is 29.1 Å². The summed E-state index contributed by atoms with van der Waals surface area (Å²) in [5.41, 5.74) is 2.26. The minimum Gasteiger partial charge on any atom is -0.487 e. The Bertz CT molecular complexity index is 1380. The second-order valence-corrected chi connectivity index (χ2v) is 10.5. The largest absolute Gasteiger partial charge is 0.487 e. The van der Waals surface area contributed by atoms with Crippen LogP contribution in [0.2, 0.25) is 0 Å². The summed E-state index contributed by atoms with van der Waals surface area (Å²) < 4.78 is 10.7. The van der Waals surface area contributed by atoms with Gasteiger partial charge >= 0.3 is 0 Å². The number of aromatic nitrogens is 2. The molecule has 32 heavy (non-hydrogen) atoms. The maximum absolute atomic E-state index is 12.9. The van der Waals surface area contributed by atoms with E-state index in [0.717, 1.165) is 29.0 Å². The van der Waals surface area contributed by atoms with E-state index in [2.05, 4.69) is 73.8 Å². The first kappa shape index (κ1) is 23.4. The molecule has 0 bridgehead atoms. The molecule has 0 aliphatic rings. The molecule has 0 saturated heterocycles. The molecule has 0 unspecified atom stereocenters. The quantitative estimate of drug-likeness (QED) is 0.209. The van der Waals surface area contributed by atoms with Gasteiger partial charge in [-0.2, -0.15) is 9.78 Å². The average molecular weight is 685 g/mol. The van der Waals surface area contributed by atoms with Gasteiger partial charge in [-0.1, -0.05) is 44.0 Å². The van der Waals surface area contributed by atoms with E-state index in [1.165, 1.54) is 4.68 Å². The summed E-state index contributed by atoms with van der Waals surface area (Å²) in [7, 11) is 0. The van der Waals surface area contributed by atoms with Gasteiger partial charge in [-0.05, 0) is 92.4 Å². The zero-order chi connectivity index (χ0) is 22.8. The maximum Gasteiger partial charge on any atom is 0.282 e. The molecule has 5 nitrogen and oxygen atoms in total. The van der Waals surface area contributed by atoms with E-state index in [1.807, 2.05) is 48.5 Å². The molecule has 0 radical (unpaired) electrons. The zero-order valence-electron chi connectivity index (χ0n) is 16.7. The molecule has 9 heteroatoms. The van der Waals surface area contributed by atoms with Gasteiger partial charge in [-0.3, -0.25) is 4.79 Å². The Morgan fingerprint density at radius 1 is 0.969 bits per heavy atom. The van der Waals surface area contributed by atoms with Gasteiger partial charge in [-0.15, -0.1) is 0 Å². The molecule has 1 heterocycles. The van der Waals surface area contributed by atoms with Gasteiger partial charge in [0, 0.05) is 8.95 Å². The summed E-state index contributed by atoms with van der Waals surface area (Å²) in [5.74, 6) is 1.20. The van der Waals surface area contributed by atoms with Crippen LogP contribution in [0.1, 0.15) is 17.0 Å². The Kier molecular flexibility index (Phi) is 7.29. The monoisotopic (exact) mass is 681 g/mol. The number of fused-ring (bicyclic) bond motifs is 1. The first-order valence-corrected chi connectivity index (χ1v) is 12.6. The highest BCUT2D eigenvalue weighted by molar-refractivity contribution is 9.11. The summed E-state index contributed by atoms with van der Waals surface area (Å²) in [4.78, 5) is 17.4. The minimum atomic E-state index is -0.224. The van der Waals surface area contributed by atoms with Gasteiger partial charge in [0.2, 0.25) is 0 Å². The van der Waals surface area contributed by atoms with Crippen molar-refractivity contribution in [2.75, 3.05) is 0 Å². The smallest absolute Gasteiger partial charge is 0.282 e. The number of ether oxygens (including phenoxy) is 1. The van der Waals surface area contributed by atoms with Crippen molar-refractivity contribution in [2.45, 2.75) is 13.5 Å². The normalized spacial score (nSPS) is 11.4. The standard InChI is InChI=1S/C23H15Br4N3O2/c1-13-29-21-7-6-17(25)10-18(21)23(31)30(13)28-11-15-8-19(26)22(20(27)9-15)32-12-14-2-4-16(24)5-3-14/h2-11H,12H2,1H3. The van der Waals surface area contributed by atoms with Gasteiger partial charge in [0.05, 0.1) is 26.1 Å². The lowest BCUT2D eigenvalue weighted by Gasteiger charge is -2.11. The molecule has 0 aliphatic heterocycles. The van der Waals surface area contributed by atoms with Crippen LogP contribution in [0.4, 0.5) is 0 Å². The van der Waals surface area contributed by atoms with Crippen molar-refractivity contribution in [3.63, 3.8) is 0 Å². The first-order valence-electron chi connectivity index (χ1n) is 9.41. The number of hydrogen-bond acceptors (Lipinski definition) is 4. The second-order valence-electron chi connectivity index (χ2n) is 6.91.